The lowest BCUT2D eigenvalue weighted by molar-refractivity contribution is 0.729. The highest BCUT2D eigenvalue weighted by Gasteiger charge is 2.18. The van der Waals surface area contributed by atoms with Crippen molar-refractivity contribution < 1.29 is 0 Å². The summed E-state index contributed by atoms with van der Waals surface area (Å²) in [4.78, 5) is 11.1. The van der Waals surface area contributed by atoms with Gasteiger partial charge in [-0.1, -0.05) is 17.4 Å². The first-order valence-corrected chi connectivity index (χ1v) is 7.32. The predicted octanol–water partition coefficient (Wildman–Crippen LogP) is 2.93. The third kappa shape index (κ3) is 2.06. The van der Waals surface area contributed by atoms with Crippen LogP contribution in [0.2, 0.25) is 0 Å². The molecule has 0 fully saturated rings. The molecule has 0 radical (unpaired) electrons. The fourth-order valence-electron chi connectivity index (χ4n) is 2.24. The fraction of sp³-hybridized carbons (Fsp3) is 0.357. The van der Waals surface area contributed by atoms with Gasteiger partial charge in [0.1, 0.15) is 0 Å². The van der Waals surface area contributed by atoms with Gasteiger partial charge in [-0.3, -0.25) is 4.98 Å². The average Bonchev–Trinajstić information content (AvgIpc) is 3.01. The quantitative estimate of drug-likeness (QED) is 0.743. The van der Waals surface area contributed by atoms with E-state index in [1.54, 1.807) is 17.5 Å². The summed E-state index contributed by atoms with van der Waals surface area (Å²) in [6.07, 6.45) is 3.70. The largest absolute Gasteiger partial charge is 0.344 e. The first-order valence-electron chi connectivity index (χ1n) is 6.51. The van der Waals surface area contributed by atoms with Gasteiger partial charge in [-0.05, 0) is 25.5 Å². The molecule has 20 heavy (non-hydrogen) atoms. The van der Waals surface area contributed by atoms with Gasteiger partial charge in [0.25, 0.3) is 0 Å². The summed E-state index contributed by atoms with van der Waals surface area (Å²) in [7, 11) is 4.00. The smallest absolute Gasteiger partial charge is 0.188 e. The SMILES string of the molecule is Cc1nn(C)c2nc(N(C)C(C)c3cccnc3)sc12. The standard InChI is InChI=1S/C14H17N5S/c1-9-12-13(19(4)17-9)16-14(20-12)18(3)10(2)11-6-5-7-15-8-11/h5-8,10H,1-4H3. The number of thiazole rings is 1. The maximum Gasteiger partial charge on any atom is 0.188 e. The molecule has 3 aromatic heterocycles. The summed E-state index contributed by atoms with van der Waals surface area (Å²) < 4.78 is 3.00. The van der Waals surface area contributed by atoms with Crippen molar-refractivity contribution in [3.63, 3.8) is 0 Å². The molecule has 0 aliphatic heterocycles. The molecule has 0 spiro atoms. The first kappa shape index (κ1) is 13.1. The van der Waals surface area contributed by atoms with E-state index in [4.69, 9.17) is 4.98 Å². The second-order valence-corrected chi connectivity index (χ2v) is 5.91. The van der Waals surface area contributed by atoms with Gasteiger partial charge in [0.15, 0.2) is 10.8 Å². The number of anilines is 1. The number of hydrogen-bond donors (Lipinski definition) is 0. The van der Waals surface area contributed by atoms with Gasteiger partial charge in [-0.25, -0.2) is 9.67 Å². The normalized spacial score (nSPS) is 12.8. The van der Waals surface area contributed by atoms with E-state index >= 15 is 0 Å². The van der Waals surface area contributed by atoms with Gasteiger partial charge in [0, 0.05) is 26.5 Å². The zero-order chi connectivity index (χ0) is 14.3. The van der Waals surface area contributed by atoms with Crippen molar-refractivity contribution >= 4 is 26.8 Å². The van der Waals surface area contributed by atoms with Gasteiger partial charge in [-0.2, -0.15) is 5.10 Å². The number of aryl methyl sites for hydroxylation is 2. The Hall–Kier alpha value is -1.95. The number of hydrogen-bond acceptors (Lipinski definition) is 5. The summed E-state index contributed by atoms with van der Waals surface area (Å²) in [6.45, 7) is 4.18. The molecule has 0 N–H and O–H groups in total. The molecular weight excluding hydrogens is 270 g/mol. The molecule has 0 aliphatic rings. The topological polar surface area (TPSA) is 46.8 Å². The minimum atomic E-state index is 0.234. The molecule has 0 bridgehead atoms. The molecule has 1 unspecified atom stereocenters. The average molecular weight is 287 g/mol. The summed E-state index contributed by atoms with van der Waals surface area (Å²) in [5, 5.41) is 5.40. The van der Waals surface area contributed by atoms with Crippen LogP contribution in [0.5, 0.6) is 0 Å². The lowest BCUT2D eigenvalue weighted by Crippen LogP contribution is -2.21. The van der Waals surface area contributed by atoms with Crippen LogP contribution in [0.3, 0.4) is 0 Å². The van der Waals surface area contributed by atoms with Crippen LogP contribution >= 0.6 is 11.3 Å². The maximum absolute atomic E-state index is 4.70. The Kier molecular flexibility index (Phi) is 3.17. The van der Waals surface area contributed by atoms with Crippen molar-refractivity contribution in [2.75, 3.05) is 11.9 Å². The Labute approximate surface area is 121 Å². The Morgan fingerprint density at radius 2 is 2.20 bits per heavy atom. The summed E-state index contributed by atoms with van der Waals surface area (Å²) in [5.41, 5.74) is 3.17. The molecule has 0 saturated heterocycles. The lowest BCUT2D eigenvalue weighted by Gasteiger charge is -2.24. The van der Waals surface area contributed by atoms with E-state index in [2.05, 4.69) is 35.0 Å². The Morgan fingerprint density at radius 1 is 1.40 bits per heavy atom. The van der Waals surface area contributed by atoms with Crippen molar-refractivity contribution in [1.29, 1.82) is 0 Å². The van der Waals surface area contributed by atoms with Gasteiger partial charge >= 0.3 is 0 Å². The van der Waals surface area contributed by atoms with Crippen molar-refractivity contribution in [1.82, 2.24) is 19.7 Å². The van der Waals surface area contributed by atoms with Crippen LogP contribution < -0.4 is 4.90 Å². The molecule has 6 heteroatoms. The van der Waals surface area contributed by atoms with Crippen LogP contribution in [0.15, 0.2) is 24.5 Å². The van der Waals surface area contributed by atoms with E-state index in [1.807, 2.05) is 30.9 Å². The zero-order valence-electron chi connectivity index (χ0n) is 12.0. The molecule has 3 aromatic rings. The highest BCUT2D eigenvalue weighted by molar-refractivity contribution is 7.22. The fourth-order valence-corrected chi connectivity index (χ4v) is 3.31. The van der Waals surface area contributed by atoms with Crippen LogP contribution in [0.4, 0.5) is 5.13 Å². The van der Waals surface area contributed by atoms with E-state index in [0.717, 1.165) is 21.2 Å². The van der Waals surface area contributed by atoms with E-state index < -0.39 is 0 Å². The van der Waals surface area contributed by atoms with Crippen molar-refractivity contribution in [2.45, 2.75) is 19.9 Å². The minimum absolute atomic E-state index is 0.234. The van der Waals surface area contributed by atoms with Gasteiger partial charge in [0.2, 0.25) is 0 Å². The van der Waals surface area contributed by atoms with Gasteiger partial charge in [0.05, 0.1) is 16.4 Å². The Bertz CT molecular complexity index is 696. The Morgan fingerprint density at radius 3 is 2.85 bits per heavy atom. The van der Waals surface area contributed by atoms with E-state index in [0.29, 0.717) is 0 Å². The molecular formula is C14H17N5S. The molecule has 5 nitrogen and oxygen atoms in total. The van der Waals surface area contributed by atoms with Crippen molar-refractivity contribution in [3.8, 4) is 0 Å². The minimum Gasteiger partial charge on any atom is -0.344 e. The van der Waals surface area contributed by atoms with Crippen LogP contribution in [-0.4, -0.2) is 26.8 Å². The van der Waals surface area contributed by atoms with E-state index in [1.165, 1.54) is 5.56 Å². The lowest BCUT2D eigenvalue weighted by atomic mass is 10.1. The molecule has 0 aliphatic carbocycles. The second kappa shape index (κ2) is 4.86. The molecule has 0 aromatic carbocycles. The molecule has 3 heterocycles. The molecule has 3 rings (SSSR count). The summed E-state index contributed by atoms with van der Waals surface area (Å²) in [6, 6.07) is 4.29. The molecule has 104 valence electrons. The van der Waals surface area contributed by atoms with Crippen molar-refractivity contribution in [2.24, 2.45) is 7.05 Å². The van der Waals surface area contributed by atoms with Crippen LogP contribution in [0.1, 0.15) is 24.2 Å². The third-order valence-electron chi connectivity index (χ3n) is 3.58. The summed E-state index contributed by atoms with van der Waals surface area (Å²) >= 11 is 1.69. The third-order valence-corrected chi connectivity index (χ3v) is 4.83. The molecule has 0 saturated carbocycles. The predicted molar refractivity (Wildman–Crippen MR) is 82.2 cm³/mol. The second-order valence-electron chi connectivity index (χ2n) is 4.93. The van der Waals surface area contributed by atoms with Crippen LogP contribution in [-0.2, 0) is 7.05 Å². The number of nitrogens with zero attached hydrogens (tertiary/aromatic N) is 5. The van der Waals surface area contributed by atoms with Gasteiger partial charge < -0.3 is 4.90 Å². The highest BCUT2D eigenvalue weighted by Crippen LogP contribution is 2.33. The Balaban J connectivity index is 1.96. The monoisotopic (exact) mass is 287 g/mol. The number of aromatic nitrogens is 4. The zero-order valence-corrected chi connectivity index (χ0v) is 12.8. The highest BCUT2D eigenvalue weighted by atomic mass is 32.1. The van der Waals surface area contributed by atoms with E-state index in [9.17, 15) is 0 Å². The first-order chi connectivity index (χ1) is 9.58. The summed E-state index contributed by atoms with van der Waals surface area (Å²) in [5.74, 6) is 0. The van der Waals surface area contributed by atoms with Crippen molar-refractivity contribution in [3.05, 3.63) is 35.8 Å². The maximum atomic E-state index is 4.70. The van der Waals surface area contributed by atoms with Gasteiger partial charge in [-0.15, -0.1) is 0 Å². The van der Waals surface area contributed by atoms with Crippen LogP contribution in [0, 0.1) is 6.92 Å². The van der Waals surface area contributed by atoms with E-state index in [-0.39, 0.29) is 6.04 Å². The number of pyridine rings is 1. The number of rotatable bonds is 3. The molecule has 0 amide bonds. The van der Waals surface area contributed by atoms with Crippen LogP contribution in [0.25, 0.3) is 10.3 Å². The number of fused-ring (bicyclic) bond motifs is 1. The molecule has 1 atom stereocenters.